The molecule has 0 aromatic rings. The molecule has 0 spiro atoms. The van der Waals surface area contributed by atoms with Gasteiger partial charge in [0.25, 0.3) is 0 Å². The summed E-state index contributed by atoms with van der Waals surface area (Å²) in [5.74, 6) is 1.22. The van der Waals surface area contributed by atoms with Gasteiger partial charge in [-0.2, -0.15) is 0 Å². The van der Waals surface area contributed by atoms with E-state index < -0.39 is 0 Å². The van der Waals surface area contributed by atoms with Gasteiger partial charge >= 0.3 is 0 Å². The van der Waals surface area contributed by atoms with Crippen molar-refractivity contribution in [2.24, 2.45) is 5.92 Å². The zero-order valence-corrected chi connectivity index (χ0v) is 10.1. The lowest BCUT2D eigenvalue weighted by atomic mass is 9.89. The van der Waals surface area contributed by atoms with Gasteiger partial charge in [0.2, 0.25) is 0 Å². The van der Waals surface area contributed by atoms with Gasteiger partial charge in [-0.3, -0.25) is 4.79 Å². The first-order chi connectivity index (χ1) is 7.86. The molecule has 1 aliphatic heterocycles. The van der Waals surface area contributed by atoms with Crippen LogP contribution in [0.2, 0.25) is 0 Å². The topological polar surface area (TPSA) is 29.1 Å². The summed E-state index contributed by atoms with van der Waals surface area (Å²) >= 11 is 0. The number of carbonyl (C=O) groups excluding carboxylic acids is 1. The quantitative estimate of drug-likeness (QED) is 0.791. The maximum absolute atomic E-state index is 12.0. The van der Waals surface area contributed by atoms with Crippen LogP contribution in [-0.4, -0.2) is 18.9 Å². The number of allylic oxidation sites excluding steroid dienone is 2. The summed E-state index contributed by atoms with van der Waals surface area (Å²) in [6, 6.07) is 0. The molecule has 0 bridgehead atoms. The largest absolute Gasteiger partial charge is 0.317 e. The van der Waals surface area contributed by atoms with E-state index in [0.717, 1.165) is 50.3 Å². The molecule has 90 valence electrons. The van der Waals surface area contributed by atoms with Crippen LogP contribution < -0.4 is 5.32 Å². The Morgan fingerprint density at radius 1 is 1.31 bits per heavy atom. The highest BCUT2D eigenvalue weighted by atomic mass is 16.1. The van der Waals surface area contributed by atoms with Crippen LogP contribution in [0.5, 0.6) is 0 Å². The Kier molecular flexibility index (Phi) is 4.58. The third kappa shape index (κ3) is 3.44. The number of ketones is 1. The van der Waals surface area contributed by atoms with E-state index in [1.165, 1.54) is 25.7 Å². The van der Waals surface area contributed by atoms with Crippen molar-refractivity contribution in [3.63, 3.8) is 0 Å². The fraction of sp³-hybridized carbons (Fsp3) is 0.786. The molecular weight excluding hydrogens is 198 g/mol. The molecule has 1 saturated heterocycles. The fourth-order valence-corrected chi connectivity index (χ4v) is 2.76. The number of piperidine rings is 1. The molecule has 2 heteroatoms. The monoisotopic (exact) mass is 221 g/mol. The van der Waals surface area contributed by atoms with E-state index >= 15 is 0 Å². The minimum absolute atomic E-state index is 0.429. The van der Waals surface area contributed by atoms with Gasteiger partial charge in [-0.05, 0) is 69.5 Å². The first-order valence-electron chi connectivity index (χ1n) is 6.79. The Labute approximate surface area is 98.5 Å². The lowest BCUT2D eigenvalue weighted by Crippen LogP contribution is -2.28. The van der Waals surface area contributed by atoms with Crippen molar-refractivity contribution >= 4 is 5.78 Å². The maximum Gasteiger partial charge on any atom is 0.158 e. The van der Waals surface area contributed by atoms with Crippen LogP contribution in [0.15, 0.2) is 11.6 Å². The van der Waals surface area contributed by atoms with E-state index in [0.29, 0.717) is 5.78 Å². The molecular formula is C14H23NO. The highest BCUT2D eigenvalue weighted by Crippen LogP contribution is 2.23. The zero-order chi connectivity index (χ0) is 11.2. The van der Waals surface area contributed by atoms with E-state index in [1.54, 1.807) is 0 Å². The molecule has 0 radical (unpaired) electrons. The summed E-state index contributed by atoms with van der Waals surface area (Å²) in [7, 11) is 0. The van der Waals surface area contributed by atoms with E-state index in [-0.39, 0.29) is 0 Å². The van der Waals surface area contributed by atoms with E-state index in [1.807, 2.05) is 0 Å². The van der Waals surface area contributed by atoms with Crippen molar-refractivity contribution in [2.45, 2.75) is 51.4 Å². The molecule has 2 rings (SSSR count). The summed E-state index contributed by atoms with van der Waals surface area (Å²) in [5, 5.41) is 3.37. The van der Waals surface area contributed by atoms with Crippen molar-refractivity contribution in [1.29, 1.82) is 0 Å². The van der Waals surface area contributed by atoms with Crippen molar-refractivity contribution in [2.75, 3.05) is 13.1 Å². The van der Waals surface area contributed by atoms with Crippen molar-refractivity contribution < 1.29 is 4.79 Å². The molecule has 0 saturated carbocycles. The molecule has 2 nitrogen and oxygen atoms in total. The lowest BCUT2D eigenvalue weighted by Gasteiger charge is -2.22. The summed E-state index contributed by atoms with van der Waals surface area (Å²) in [6.45, 7) is 2.28. The summed E-state index contributed by atoms with van der Waals surface area (Å²) < 4.78 is 0. The molecule has 0 amide bonds. The van der Waals surface area contributed by atoms with Crippen molar-refractivity contribution in [3.05, 3.63) is 11.6 Å². The maximum atomic E-state index is 12.0. The summed E-state index contributed by atoms with van der Waals surface area (Å²) in [4.78, 5) is 12.0. The first kappa shape index (κ1) is 11.8. The van der Waals surface area contributed by atoms with Gasteiger partial charge in [-0.15, -0.1) is 0 Å². The summed E-state index contributed by atoms with van der Waals surface area (Å²) in [5.41, 5.74) is 1.13. The van der Waals surface area contributed by atoms with Crippen LogP contribution in [0.1, 0.15) is 51.4 Å². The molecule has 1 heterocycles. The minimum Gasteiger partial charge on any atom is -0.317 e. The number of carbonyl (C=O) groups is 1. The zero-order valence-electron chi connectivity index (χ0n) is 10.1. The Morgan fingerprint density at radius 3 is 2.81 bits per heavy atom. The first-order valence-corrected chi connectivity index (χ1v) is 6.79. The van der Waals surface area contributed by atoms with Gasteiger partial charge in [0.1, 0.15) is 0 Å². The fourth-order valence-electron chi connectivity index (χ4n) is 2.76. The molecule has 0 aromatic heterocycles. The number of rotatable bonds is 4. The second-order valence-electron chi connectivity index (χ2n) is 5.13. The molecule has 1 aliphatic carbocycles. The molecule has 2 aliphatic rings. The number of nitrogens with one attached hydrogen (secondary N) is 1. The Balaban J connectivity index is 1.72. The normalized spacial score (nSPS) is 22.9. The lowest BCUT2D eigenvalue weighted by molar-refractivity contribution is -0.116. The highest BCUT2D eigenvalue weighted by molar-refractivity contribution is 5.95. The number of hydrogen-bond acceptors (Lipinski definition) is 2. The predicted octanol–water partition coefficient (Wildman–Crippen LogP) is 2.84. The second kappa shape index (κ2) is 6.19. The van der Waals surface area contributed by atoms with Gasteiger partial charge in [0.05, 0.1) is 0 Å². The van der Waals surface area contributed by atoms with Gasteiger partial charge in [-0.25, -0.2) is 0 Å². The standard InChI is InChI=1S/C14H23NO/c16-14(13-4-2-1-3-5-13)7-6-12-8-10-15-11-9-12/h4,12,15H,1-3,5-11H2. The van der Waals surface area contributed by atoms with Gasteiger partial charge < -0.3 is 5.32 Å². The van der Waals surface area contributed by atoms with Crippen molar-refractivity contribution in [3.8, 4) is 0 Å². The van der Waals surface area contributed by atoms with E-state index in [9.17, 15) is 4.79 Å². The minimum atomic E-state index is 0.429. The third-order valence-electron chi connectivity index (χ3n) is 3.89. The molecule has 0 aromatic carbocycles. The molecule has 16 heavy (non-hydrogen) atoms. The average molecular weight is 221 g/mol. The van der Waals surface area contributed by atoms with Crippen molar-refractivity contribution in [1.82, 2.24) is 5.32 Å². The Morgan fingerprint density at radius 2 is 2.12 bits per heavy atom. The van der Waals surface area contributed by atoms with E-state index in [4.69, 9.17) is 0 Å². The highest BCUT2D eigenvalue weighted by Gasteiger charge is 2.17. The molecule has 1 N–H and O–H groups in total. The Bertz CT molecular complexity index is 264. The van der Waals surface area contributed by atoms with Crippen LogP contribution in [0.25, 0.3) is 0 Å². The number of hydrogen-bond donors (Lipinski definition) is 1. The van der Waals surface area contributed by atoms with Crippen LogP contribution in [0.4, 0.5) is 0 Å². The molecule has 1 fully saturated rings. The van der Waals surface area contributed by atoms with Gasteiger partial charge in [-0.1, -0.05) is 6.08 Å². The average Bonchev–Trinajstić information content (AvgIpc) is 2.38. The Hall–Kier alpha value is -0.630. The van der Waals surface area contributed by atoms with Gasteiger partial charge in [0, 0.05) is 6.42 Å². The SMILES string of the molecule is O=C(CCC1CCNCC1)C1=CCCCC1. The van der Waals surface area contributed by atoms with E-state index in [2.05, 4.69) is 11.4 Å². The second-order valence-corrected chi connectivity index (χ2v) is 5.13. The van der Waals surface area contributed by atoms with Gasteiger partial charge in [0.15, 0.2) is 5.78 Å². The van der Waals surface area contributed by atoms with Crippen LogP contribution in [-0.2, 0) is 4.79 Å². The molecule has 0 atom stereocenters. The van der Waals surface area contributed by atoms with Crippen LogP contribution in [0.3, 0.4) is 0 Å². The smallest absolute Gasteiger partial charge is 0.158 e. The third-order valence-corrected chi connectivity index (χ3v) is 3.89. The molecule has 0 unspecified atom stereocenters. The predicted molar refractivity (Wildman–Crippen MR) is 66.4 cm³/mol. The van der Waals surface area contributed by atoms with Crippen LogP contribution >= 0.6 is 0 Å². The summed E-state index contributed by atoms with van der Waals surface area (Å²) in [6.07, 6.45) is 11.2. The number of Topliss-reactive ketones (excluding diaryl/α,β-unsaturated/α-hetero) is 1. The van der Waals surface area contributed by atoms with Crippen LogP contribution in [0, 0.1) is 5.92 Å².